The van der Waals surface area contributed by atoms with E-state index < -0.39 is 41.1 Å². The molecule has 0 bridgehead atoms. The zero-order chi connectivity index (χ0) is 23.2. The maximum Gasteiger partial charge on any atom is 0.326 e. The number of carbonyl (C=O) groups is 3. The minimum Gasteiger partial charge on any atom is -0.459 e. The lowest BCUT2D eigenvalue weighted by Gasteiger charge is -2.27. The van der Waals surface area contributed by atoms with Crippen molar-refractivity contribution in [3.05, 3.63) is 59.9 Å². The molecular weight excluding hydrogens is 408 g/mol. The lowest BCUT2D eigenvalue weighted by atomic mass is 10.1. The highest BCUT2D eigenvalue weighted by Crippen LogP contribution is 2.15. The van der Waals surface area contributed by atoms with E-state index in [0.29, 0.717) is 11.8 Å². The Balaban J connectivity index is 2.11. The van der Waals surface area contributed by atoms with Crippen molar-refractivity contribution in [2.45, 2.75) is 45.8 Å². The molecule has 2 amide bonds. The third kappa shape index (κ3) is 7.76. The number of aromatic nitrogens is 1. The van der Waals surface area contributed by atoms with Gasteiger partial charge in [0.2, 0.25) is 11.8 Å². The Morgan fingerprint density at radius 3 is 2.35 bits per heavy atom. The van der Waals surface area contributed by atoms with Crippen LogP contribution in [0, 0.1) is 11.6 Å². The quantitative estimate of drug-likeness (QED) is 0.679. The number of hydrogen-bond donors (Lipinski definition) is 1. The number of nitrogens with zero attached hydrogens (tertiary/aromatic N) is 2. The number of halogens is 2. The molecule has 9 heteroatoms. The Hall–Kier alpha value is -3.36. The van der Waals surface area contributed by atoms with Crippen LogP contribution >= 0.6 is 0 Å². The van der Waals surface area contributed by atoms with Gasteiger partial charge in [0.15, 0.2) is 0 Å². The molecule has 0 fully saturated rings. The third-order valence-corrected chi connectivity index (χ3v) is 3.97. The monoisotopic (exact) mass is 433 g/mol. The molecule has 1 aromatic heterocycles. The molecule has 1 N–H and O–H groups in total. The van der Waals surface area contributed by atoms with Gasteiger partial charge < -0.3 is 10.1 Å². The average molecular weight is 433 g/mol. The van der Waals surface area contributed by atoms with Crippen LogP contribution in [0.5, 0.6) is 0 Å². The molecule has 166 valence electrons. The molecular formula is C22H25F2N3O4. The molecule has 2 aromatic rings. The van der Waals surface area contributed by atoms with E-state index in [1.807, 2.05) is 0 Å². The van der Waals surface area contributed by atoms with Crippen LogP contribution in [0.25, 0.3) is 0 Å². The van der Waals surface area contributed by atoms with E-state index in [2.05, 4.69) is 10.3 Å². The number of carbonyl (C=O) groups excluding carboxylic acids is 3. The van der Waals surface area contributed by atoms with E-state index in [0.717, 1.165) is 17.0 Å². The van der Waals surface area contributed by atoms with Crippen molar-refractivity contribution in [3.63, 3.8) is 0 Å². The molecule has 1 heterocycles. The summed E-state index contributed by atoms with van der Waals surface area (Å²) in [5.41, 5.74) is -0.250. The van der Waals surface area contributed by atoms with Crippen LogP contribution in [0.15, 0.2) is 42.7 Å². The number of nitrogens with one attached hydrogen (secondary N) is 1. The van der Waals surface area contributed by atoms with Crippen LogP contribution in [-0.2, 0) is 25.5 Å². The highest BCUT2D eigenvalue weighted by molar-refractivity contribution is 6.02. The smallest absolute Gasteiger partial charge is 0.326 e. The Bertz CT molecular complexity index is 925. The van der Waals surface area contributed by atoms with E-state index in [1.54, 1.807) is 32.9 Å². The standard InChI is InChI=1S/C22H25F2N3O4/c1-14(26-19(28)10-15-8-16(23)11-17(24)9-15)21(30)27(18-6-5-7-25-12-18)13-20(29)31-22(2,3)4/h5-9,11-12,14H,10,13H2,1-4H3,(H,26,28)/t14-/m0/s1. The predicted octanol–water partition coefficient (Wildman–Crippen LogP) is 2.78. The number of hydrogen-bond acceptors (Lipinski definition) is 5. The maximum atomic E-state index is 13.3. The molecule has 0 unspecified atom stereocenters. The Labute approximate surface area is 179 Å². The summed E-state index contributed by atoms with van der Waals surface area (Å²) in [6, 6.07) is 4.97. The van der Waals surface area contributed by atoms with Gasteiger partial charge in [0.1, 0.15) is 29.8 Å². The molecule has 31 heavy (non-hydrogen) atoms. The van der Waals surface area contributed by atoms with Crippen LogP contribution in [0.3, 0.4) is 0 Å². The SMILES string of the molecule is C[C@H](NC(=O)Cc1cc(F)cc(F)c1)C(=O)N(CC(=O)OC(C)(C)C)c1cccnc1. The largest absolute Gasteiger partial charge is 0.459 e. The van der Waals surface area contributed by atoms with Crippen LogP contribution in [0.2, 0.25) is 0 Å². The van der Waals surface area contributed by atoms with E-state index in [-0.39, 0.29) is 18.5 Å². The van der Waals surface area contributed by atoms with Crippen molar-refractivity contribution in [1.82, 2.24) is 10.3 Å². The Kier molecular flexibility index (Phi) is 7.79. The molecule has 2 rings (SSSR count). The molecule has 0 saturated carbocycles. The molecule has 1 aromatic carbocycles. The number of pyridine rings is 1. The van der Waals surface area contributed by atoms with Crippen molar-refractivity contribution in [2.24, 2.45) is 0 Å². The topological polar surface area (TPSA) is 88.6 Å². The number of rotatable bonds is 7. The first-order chi connectivity index (χ1) is 14.4. The van der Waals surface area contributed by atoms with Crippen LogP contribution in [-0.4, -0.2) is 41.0 Å². The van der Waals surface area contributed by atoms with Crippen LogP contribution in [0.4, 0.5) is 14.5 Å². The van der Waals surface area contributed by atoms with Crippen molar-refractivity contribution in [3.8, 4) is 0 Å². The minimum absolute atomic E-state index is 0.132. The summed E-state index contributed by atoms with van der Waals surface area (Å²) in [5.74, 6) is -3.40. The van der Waals surface area contributed by atoms with Gasteiger partial charge in [-0.05, 0) is 57.5 Å². The molecule has 1 atom stereocenters. The van der Waals surface area contributed by atoms with E-state index in [9.17, 15) is 23.2 Å². The normalized spacial score (nSPS) is 12.1. The fourth-order valence-electron chi connectivity index (χ4n) is 2.80. The van der Waals surface area contributed by atoms with Gasteiger partial charge in [-0.25, -0.2) is 8.78 Å². The number of anilines is 1. The van der Waals surface area contributed by atoms with Crippen LogP contribution in [0.1, 0.15) is 33.3 Å². The molecule has 0 aliphatic rings. The van der Waals surface area contributed by atoms with Crippen molar-refractivity contribution < 1.29 is 27.9 Å². The molecule has 0 spiro atoms. The van der Waals surface area contributed by atoms with Gasteiger partial charge in [-0.1, -0.05) is 0 Å². The summed E-state index contributed by atoms with van der Waals surface area (Å²) in [7, 11) is 0. The lowest BCUT2D eigenvalue weighted by Crippen LogP contribution is -2.49. The third-order valence-electron chi connectivity index (χ3n) is 3.97. The number of ether oxygens (including phenoxy) is 1. The molecule has 0 saturated heterocycles. The van der Waals surface area contributed by atoms with Crippen LogP contribution < -0.4 is 10.2 Å². The van der Waals surface area contributed by atoms with Crippen molar-refractivity contribution >= 4 is 23.5 Å². The highest BCUT2D eigenvalue weighted by Gasteiger charge is 2.27. The van der Waals surface area contributed by atoms with Crippen molar-refractivity contribution in [2.75, 3.05) is 11.4 Å². The summed E-state index contributed by atoms with van der Waals surface area (Å²) >= 11 is 0. The summed E-state index contributed by atoms with van der Waals surface area (Å²) in [5, 5.41) is 2.49. The fourth-order valence-corrected chi connectivity index (χ4v) is 2.80. The second-order valence-electron chi connectivity index (χ2n) is 7.97. The van der Waals surface area contributed by atoms with E-state index >= 15 is 0 Å². The summed E-state index contributed by atoms with van der Waals surface area (Å²) < 4.78 is 31.9. The maximum absolute atomic E-state index is 13.3. The summed E-state index contributed by atoms with van der Waals surface area (Å²) in [6.07, 6.45) is 2.61. The first-order valence-corrected chi connectivity index (χ1v) is 9.62. The first kappa shape index (κ1) is 23.9. The van der Waals surface area contributed by atoms with E-state index in [1.165, 1.54) is 19.3 Å². The first-order valence-electron chi connectivity index (χ1n) is 9.62. The van der Waals surface area contributed by atoms with Gasteiger partial charge in [-0.3, -0.25) is 24.3 Å². The lowest BCUT2D eigenvalue weighted by molar-refractivity contribution is -0.153. The summed E-state index contributed by atoms with van der Waals surface area (Å²) in [6.45, 7) is 6.19. The number of amides is 2. The Morgan fingerprint density at radius 1 is 1.16 bits per heavy atom. The molecule has 0 aliphatic carbocycles. The van der Waals surface area contributed by atoms with E-state index in [4.69, 9.17) is 4.74 Å². The average Bonchev–Trinajstić information content (AvgIpc) is 2.63. The second-order valence-corrected chi connectivity index (χ2v) is 7.97. The summed E-state index contributed by atoms with van der Waals surface area (Å²) in [4.78, 5) is 42.7. The van der Waals surface area contributed by atoms with Gasteiger partial charge in [0.25, 0.3) is 0 Å². The molecule has 0 aliphatic heterocycles. The molecule has 0 radical (unpaired) electrons. The van der Waals surface area contributed by atoms with Gasteiger partial charge in [-0.15, -0.1) is 0 Å². The van der Waals surface area contributed by atoms with Gasteiger partial charge in [0.05, 0.1) is 18.3 Å². The number of benzene rings is 1. The second kappa shape index (κ2) is 10.1. The highest BCUT2D eigenvalue weighted by atomic mass is 19.1. The van der Waals surface area contributed by atoms with Gasteiger partial charge >= 0.3 is 5.97 Å². The predicted molar refractivity (Wildman–Crippen MR) is 110 cm³/mol. The zero-order valence-corrected chi connectivity index (χ0v) is 17.8. The minimum atomic E-state index is -1.02. The van der Waals surface area contributed by atoms with Crippen molar-refractivity contribution in [1.29, 1.82) is 0 Å². The zero-order valence-electron chi connectivity index (χ0n) is 17.8. The fraction of sp³-hybridized carbons (Fsp3) is 0.364. The van der Waals surface area contributed by atoms with Gasteiger partial charge in [-0.2, -0.15) is 0 Å². The van der Waals surface area contributed by atoms with Gasteiger partial charge in [0, 0.05) is 12.3 Å². The number of esters is 1. The molecule has 7 nitrogen and oxygen atoms in total. The Morgan fingerprint density at radius 2 is 1.81 bits per heavy atom.